The fraction of sp³-hybridized carbons (Fsp3) is 0.250. The van der Waals surface area contributed by atoms with Gasteiger partial charge in [-0.15, -0.1) is 0 Å². The fourth-order valence-corrected chi connectivity index (χ4v) is 2.20. The number of carbonyl (C=O) groups excluding carboxylic acids is 1. The lowest BCUT2D eigenvalue weighted by molar-refractivity contribution is 0.0952. The molecule has 0 unspecified atom stereocenters. The molecule has 1 heterocycles. The lowest BCUT2D eigenvalue weighted by atomic mass is 10.1. The van der Waals surface area contributed by atoms with Gasteiger partial charge in [-0.2, -0.15) is 0 Å². The molecule has 0 atom stereocenters. The normalized spacial score (nSPS) is 10.4. The summed E-state index contributed by atoms with van der Waals surface area (Å²) in [7, 11) is 0. The van der Waals surface area contributed by atoms with Crippen LogP contribution in [0.1, 0.15) is 22.3 Å². The van der Waals surface area contributed by atoms with Crippen molar-refractivity contribution in [2.75, 3.05) is 6.54 Å². The zero-order chi connectivity index (χ0) is 15.2. The van der Waals surface area contributed by atoms with E-state index >= 15 is 0 Å². The van der Waals surface area contributed by atoms with Crippen LogP contribution in [0.15, 0.2) is 47.4 Å². The number of rotatable bonds is 5. The van der Waals surface area contributed by atoms with Gasteiger partial charge >= 0.3 is 0 Å². The highest BCUT2D eigenvalue weighted by atomic mass is 35.5. The van der Waals surface area contributed by atoms with E-state index in [-0.39, 0.29) is 11.5 Å². The van der Waals surface area contributed by atoms with Crippen LogP contribution in [-0.4, -0.2) is 17.0 Å². The van der Waals surface area contributed by atoms with Crippen molar-refractivity contribution in [2.45, 2.75) is 19.9 Å². The van der Waals surface area contributed by atoms with Crippen molar-refractivity contribution in [3.63, 3.8) is 0 Å². The van der Waals surface area contributed by atoms with Crippen LogP contribution in [0.3, 0.4) is 0 Å². The Morgan fingerprint density at radius 1 is 1.29 bits per heavy atom. The third-order valence-corrected chi connectivity index (χ3v) is 3.31. The molecule has 0 aliphatic carbocycles. The maximum Gasteiger partial charge on any atom is 0.251 e. The standard InChI is InChI=1S/C16H17ClN2O2/c1-12-4-2-5-13(10-12)16(21)18-8-3-9-19-11-14(17)6-7-15(19)20/h2,4-7,10-11H,3,8-9H2,1H3,(H,18,21). The summed E-state index contributed by atoms with van der Waals surface area (Å²) in [6, 6.07) is 10.4. The molecule has 0 radical (unpaired) electrons. The van der Waals surface area contributed by atoms with Crippen molar-refractivity contribution >= 4 is 17.5 Å². The van der Waals surface area contributed by atoms with Crippen molar-refractivity contribution in [3.05, 3.63) is 69.1 Å². The fourth-order valence-electron chi connectivity index (χ4n) is 2.02. The Balaban J connectivity index is 1.83. The summed E-state index contributed by atoms with van der Waals surface area (Å²) in [4.78, 5) is 23.5. The highest BCUT2D eigenvalue weighted by molar-refractivity contribution is 6.30. The van der Waals surface area contributed by atoms with E-state index in [4.69, 9.17) is 11.6 Å². The predicted octanol–water partition coefficient (Wildman–Crippen LogP) is 2.63. The Hall–Kier alpha value is -2.07. The molecule has 2 rings (SSSR count). The molecule has 0 aliphatic heterocycles. The van der Waals surface area contributed by atoms with Gasteiger partial charge in [-0.3, -0.25) is 9.59 Å². The van der Waals surface area contributed by atoms with Crippen LogP contribution >= 0.6 is 11.6 Å². The number of halogens is 1. The molecule has 4 nitrogen and oxygen atoms in total. The molecule has 0 bridgehead atoms. The first-order chi connectivity index (χ1) is 10.1. The molecule has 21 heavy (non-hydrogen) atoms. The molecule has 1 N–H and O–H groups in total. The van der Waals surface area contributed by atoms with Gasteiger partial charge in [-0.25, -0.2) is 0 Å². The number of benzene rings is 1. The number of amides is 1. The molecule has 0 saturated heterocycles. The SMILES string of the molecule is Cc1cccc(C(=O)NCCCn2cc(Cl)ccc2=O)c1. The second-order valence-corrected chi connectivity index (χ2v) is 5.29. The number of aryl methyl sites for hydroxylation is 2. The Morgan fingerprint density at radius 3 is 2.86 bits per heavy atom. The largest absolute Gasteiger partial charge is 0.352 e. The van der Waals surface area contributed by atoms with E-state index in [1.54, 1.807) is 22.9 Å². The minimum atomic E-state index is -0.0999. The average Bonchev–Trinajstić information content (AvgIpc) is 2.46. The molecule has 1 aromatic heterocycles. The average molecular weight is 305 g/mol. The molecular formula is C16H17ClN2O2. The lowest BCUT2D eigenvalue weighted by Crippen LogP contribution is -2.26. The lowest BCUT2D eigenvalue weighted by Gasteiger charge is -2.08. The third-order valence-electron chi connectivity index (χ3n) is 3.09. The molecule has 110 valence electrons. The molecule has 0 spiro atoms. The Kier molecular flexibility index (Phi) is 5.17. The summed E-state index contributed by atoms with van der Waals surface area (Å²) >= 11 is 5.85. The molecular weight excluding hydrogens is 288 g/mol. The second kappa shape index (κ2) is 7.09. The summed E-state index contributed by atoms with van der Waals surface area (Å²) in [6.07, 6.45) is 2.27. The minimum absolute atomic E-state index is 0.0931. The summed E-state index contributed by atoms with van der Waals surface area (Å²) in [5.41, 5.74) is 1.60. The quantitative estimate of drug-likeness (QED) is 0.863. The van der Waals surface area contributed by atoms with Gasteiger partial charge in [-0.05, 0) is 31.5 Å². The van der Waals surface area contributed by atoms with Crippen LogP contribution in [0.25, 0.3) is 0 Å². The highest BCUT2D eigenvalue weighted by Crippen LogP contribution is 2.04. The van der Waals surface area contributed by atoms with E-state index in [1.165, 1.54) is 6.07 Å². The van der Waals surface area contributed by atoms with Gasteiger partial charge in [0.2, 0.25) is 0 Å². The number of hydrogen-bond donors (Lipinski definition) is 1. The predicted molar refractivity (Wildman–Crippen MR) is 83.8 cm³/mol. The van der Waals surface area contributed by atoms with Crippen LogP contribution in [0.4, 0.5) is 0 Å². The van der Waals surface area contributed by atoms with Crippen LogP contribution < -0.4 is 10.9 Å². The van der Waals surface area contributed by atoms with Gasteiger partial charge in [0, 0.05) is 30.9 Å². The summed E-state index contributed by atoms with van der Waals surface area (Å²) < 4.78 is 1.54. The van der Waals surface area contributed by atoms with E-state index in [9.17, 15) is 9.59 Å². The van der Waals surface area contributed by atoms with E-state index in [2.05, 4.69) is 5.32 Å². The summed E-state index contributed by atoms with van der Waals surface area (Å²) in [6.45, 7) is 2.97. The van der Waals surface area contributed by atoms with E-state index in [0.29, 0.717) is 30.1 Å². The van der Waals surface area contributed by atoms with Crippen LogP contribution in [0, 0.1) is 6.92 Å². The first-order valence-corrected chi connectivity index (χ1v) is 7.15. The van der Waals surface area contributed by atoms with Crippen molar-refractivity contribution in [3.8, 4) is 0 Å². The van der Waals surface area contributed by atoms with Crippen molar-refractivity contribution in [1.29, 1.82) is 0 Å². The zero-order valence-electron chi connectivity index (χ0n) is 11.8. The molecule has 5 heteroatoms. The van der Waals surface area contributed by atoms with Gasteiger partial charge in [-0.1, -0.05) is 29.3 Å². The second-order valence-electron chi connectivity index (χ2n) is 4.86. The number of hydrogen-bond acceptors (Lipinski definition) is 2. The Labute approximate surface area is 128 Å². The molecule has 0 saturated carbocycles. The number of nitrogens with one attached hydrogen (secondary N) is 1. The maximum atomic E-state index is 11.9. The van der Waals surface area contributed by atoms with E-state index in [0.717, 1.165) is 5.56 Å². The number of pyridine rings is 1. The minimum Gasteiger partial charge on any atom is -0.352 e. The Morgan fingerprint density at radius 2 is 2.10 bits per heavy atom. The maximum absolute atomic E-state index is 11.9. The van der Waals surface area contributed by atoms with Crippen molar-refractivity contribution in [1.82, 2.24) is 9.88 Å². The van der Waals surface area contributed by atoms with E-state index < -0.39 is 0 Å². The molecule has 2 aromatic rings. The molecule has 1 aromatic carbocycles. The number of nitrogens with zero attached hydrogens (tertiary/aromatic N) is 1. The topological polar surface area (TPSA) is 51.1 Å². The van der Waals surface area contributed by atoms with Gasteiger partial charge in [0.1, 0.15) is 0 Å². The van der Waals surface area contributed by atoms with Crippen molar-refractivity contribution < 1.29 is 4.79 Å². The van der Waals surface area contributed by atoms with Gasteiger partial charge in [0.05, 0.1) is 5.02 Å². The van der Waals surface area contributed by atoms with Crippen LogP contribution in [0.2, 0.25) is 5.02 Å². The highest BCUT2D eigenvalue weighted by Gasteiger charge is 2.04. The molecule has 1 amide bonds. The van der Waals surface area contributed by atoms with Gasteiger partial charge < -0.3 is 9.88 Å². The molecule has 0 fully saturated rings. The first-order valence-electron chi connectivity index (χ1n) is 6.77. The van der Waals surface area contributed by atoms with Crippen LogP contribution in [0.5, 0.6) is 0 Å². The molecule has 0 aliphatic rings. The number of aromatic nitrogens is 1. The van der Waals surface area contributed by atoms with Gasteiger partial charge in [0.25, 0.3) is 11.5 Å². The third kappa shape index (κ3) is 4.46. The van der Waals surface area contributed by atoms with Crippen molar-refractivity contribution in [2.24, 2.45) is 0 Å². The zero-order valence-corrected chi connectivity index (χ0v) is 12.6. The number of carbonyl (C=O) groups is 1. The monoisotopic (exact) mass is 304 g/mol. The van der Waals surface area contributed by atoms with E-state index in [1.807, 2.05) is 25.1 Å². The Bertz CT molecular complexity index is 695. The smallest absolute Gasteiger partial charge is 0.251 e. The van der Waals surface area contributed by atoms with Crippen LogP contribution in [-0.2, 0) is 6.54 Å². The van der Waals surface area contributed by atoms with Gasteiger partial charge in [0.15, 0.2) is 0 Å². The summed E-state index contributed by atoms with van der Waals surface area (Å²) in [5, 5.41) is 3.37. The first kappa shape index (κ1) is 15.3. The summed E-state index contributed by atoms with van der Waals surface area (Å²) in [5.74, 6) is -0.0999.